The summed E-state index contributed by atoms with van der Waals surface area (Å²) in [7, 11) is 0. The first kappa shape index (κ1) is 24.6. The average molecular weight is 469 g/mol. The van der Waals surface area contributed by atoms with Crippen LogP contribution in [-0.2, 0) is 0 Å². The van der Waals surface area contributed by atoms with E-state index in [0.29, 0.717) is 0 Å². The van der Waals surface area contributed by atoms with Gasteiger partial charge in [-0.1, -0.05) is 151 Å². The number of carbonyl (C=O) groups is 2. The highest BCUT2D eigenvalue weighted by Crippen LogP contribution is 2.25. The fraction of sp³-hybridized carbons (Fsp3) is 0.0588. The molecule has 0 saturated heterocycles. The molecule has 0 aromatic heterocycles. The fourth-order valence-corrected chi connectivity index (χ4v) is 3.92. The van der Waals surface area contributed by atoms with Crippen molar-refractivity contribution in [3.8, 4) is 0 Å². The molecule has 0 radical (unpaired) electrons. The van der Waals surface area contributed by atoms with E-state index in [1.54, 1.807) is 0 Å². The molecule has 0 fully saturated rings. The van der Waals surface area contributed by atoms with Gasteiger partial charge in [0.2, 0.25) is 0 Å². The number of rotatable bonds is 5. The van der Waals surface area contributed by atoms with Gasteiger partial charge in [-0.05, 0) is 18.1 Å². The Morgan fingerprint density at radius 2 is 1.11 bits per heavy atom. The van der Waals surface area contributed by atoms with Crippen molar-refractivity contribution >= 4 is 17.6 Å². The van der Waals surface area contributed by atoms with Gasteiger partial charge in [0.25, 0.3) is 0 Å². The van der Waals surface area contributed by atoms with Crippen LogP contribution in [0.1, 0.15) is 37.4 Å². The molecule has 1 aliphatic carbocycles. The van der Waals surface area contributed by atoms with E-state index in [1.165, 1.54) is 5.56 Å². The minimum absolute atomic E-state index is 0.0752. The Balaban J connectivity index is 0.000000187. The number of ketones is 2. The first-order valence-corrected chi connectivity index (χ1v) is 12.0. The van der Waals surface area contributed by atoms with Crippen molar-refractivity contribution in [1.29, 1.82) is 0 Å². The maximum Gasteiger partial charge on any atom is 0.193 e. The minimum Gasteiger partial charge on any atom is -0.293 e. The van der Waals surface area contributed by atoms with Crippen LogP contribution in [0.2, 0.25) is 0 Å². The summed E-state index contributed by atoms with van der Waals surface area (Å²) < 4.78 is 0. The molecule has 0 N–H and O–H groups in total. The van der Waals surface area contributed by atoms with Crippen molar-refractivity contribution in [3.05, 3.63) is 173 Å². The molecule has 0 bridgehead atoms. The molecule has 0 heterocycles. The van der Waals surface area contributed by atoms with Gasteiger partial charge in [0.15, 0.2) is 11.6 Å². The molecule has 0 saturated carbocycles. The number of aryl methyl sites for hydroxylation is 1. The highest BCUT2D eigenvalue weighted by molar-refractivity contribution is 6.08. The van der Waals surface area contributed by atoms with Gasteiger partial charge in [0.05, 0.1) is 5.92 Å². The molecular formula is C34H28O2. The van der Waals surface area contributed by atoms with E-state index in [9.17, 15) is 9.59 Å². The number of hydrogen-bond donors (Lipinski definition) is 0. The second-order valence-electron chi connectivity index (χ2n) is 8.57. The Morgan fingerprint density at radius 1 is 0.611 bits per heavy atom. The summed E-state index contributed by atoms with van der Waals surface area (Å²) in [5.41, 5.74) is 5.60. The first-order valence-electron chi connectivity index (χ1n) is 12.0. The van der Waals surface area contributed by atoms with Crippen LogP contribution in [0, 0.1) is 12.8 Å². The summed E-state index contributed by atoms with van der Waals surface area (Å²) in [6.45, 7) is 2.07. The van der Waals surface area contributed by atoms with Gasteiger partial charge in [0, 0.05) is 16.7 Å². The highest BCUT2D eigenvalue weighted by Gasteiger charge is 2.21. The van der Waals surface area contributed by atoms with Crippen molar-refractivity contribution in [1.82, 2.24) is 0 Å². The molecule has 176 valence electrons. The summed E-state index contributed by atoms with van der Waals surface area (Å²) >= 11 is 0. The second-order valence-corrected chi connectivity index (χ2v) is 8.57. The lowest BCUT2D eigenvalue weighted by molar-refractivity contribution is 0.0961. The van der Waals surface area contributed by atoms with E-state index in [1.807, 2.05) is 115 Å². The SMILES string of the molecule is Cc1ccc(C=C2C=CC=CC2C(=O)c2ccccc2)cc1.O=C(c1ccccc1)c1ccccc1. The van der Waals surface area contributed by atoms with Crippen molar-refractivity contribution in [3.63, 3.8) is 0 Å². The van der Waals surface area contributed by atoms with Crippen LogP contribution in [0.4, 0.5) is 0 Å². The van der Waals surface area contributed by atoms with E-state index in [-0.39, 0.29) is 17.5 Å². The Hall–Kier alpha value is -4.56. The lowest BCUT2D eigenvalue weighted by Gasteiger charge is -2.16. The van der Waals surface area contributed by atoms with Crippen molar-refractivity contribution < 1.29 is 9.59 Å². The van der Waals surface area contributed by atoms with Gasteiger partial charge in [-0.15, -0.1) is 0 Å². The quantitative estimate of drug-likeness (QED) is 0.279. The summed E-state index contributed by atoms with van der Waals surface area (Å²) in [4.78, 5) is 24.6. The van der Waals surface area contributed by atoms with Crippen molar-refractivity contribution in [2.75, 3.05) is 0 Å². The van der Waals surface area contributed by atoms with Gasteiger partial charge in [-0.25, -0.2) is 0 Å². The Bertz CT molecular complexity index is 1340. The Morgan fingerprint density at radius 3 is 1.64 bits per heavy atom. The molecule has 0 spiro atoms. The molecular weight excluding hydrogens is 440 g/mol. The minimum atomic E-state index is -0.214. The maximum absolute atomic E-state index is 12.7. The monoisotopic (exact) mass is 468 g/mol. The van der Waals surface area contributed by atoms with Gasteiger partial charge >= 0.3 is 0 Å². The number of benzene rings is 4. The Labute approximate surface area is 213 Å². The molecule has 0 amide bonds. The zero-order chi connectivity index (χ0) is 25.2. The first-order chi connectivity index (χ1) is 17.6. The summed E-state index contributed by atoms with van der Waals surface area (Å²) in [5.74, 6) is -0.000496. The zero-order valence-corrected chi connectivity index (χ0v) is 20.3. The molecule has 1 atom stereocenters. The normalized spacial score (nSPS) is 15.1. The summed E-state index contributed by atoms with van der Waals surface area (Å²) in [6.07, 6.45) is 10.00. The third-order valence-electron chi connectivity index (χ3n) is 5.89. The van der Waals surface area contributed by atoms with E-state index < -0.39 is 0 Å². The largest absolute Gasteiger partial charge is 0.293 e. The van der Waals surface area contributed by atoms with E-state index in [0.717, 1.165) is 27.8 Å². The topological polar surface area (TPSA) is 34.1 Å². The highest BCUT2D eigenvalue weighted by atomic mass is 16.1. The molecule has 1 aliphatic rings. The van der Waals surface area contributed by atoms with Crippen LogP contribution in [0.5, 0.6) is 0 Å². The average Bonchev–Trinajstić information content (AvgIpc) is 2.95. The third kappa shape index (κ3) is 6.52. The fourth-order valence-electron chi connectivity index (χ4n) is 3.92. The summed E-state index contributed by atoms with van der Waals surface area (Å²) in [5, 5.41) is 0. The van der Waals surface area contributed by atoms with Crippen LogP contribution in [-0.4, -0.2) is 11.6 Å². The molecule has 5 rings (SSSR count). The molecule has 0 aliphatic heterocycles. The van der Waals surface area contributed by atoms with Crippen molar-refractivity contribution in [2.24, 2.45) is 5.92 Å². The lowest BCUT2D eigenvalue weighted by Crippen LogP contribution is -2.15. The predicted octanol–water partition coefficient (Wildman–Crippen LogP) is 7.92. The van der Waals surface area contributed by atoms with E-state index in [2.05, 4.69) is 37.3 Å². The summed E-state index contributed by atoms with van der Waals surface area (Å²) in [6, 6.07) is 36.4. The van der Waals surface area contributed by atoms with Crippen LogP contribution < -0.4 is 0 Å². The Kier molecular flexibility index (Phi) is 8.35. The zero-order valence-electron chi connectivity index (χ0n) is 20.3. The molecule has 1 unspecified atom stereocenters. The number of carbonyl (C=O) groups excluding carboxylic acids is 2. The third-order valence-corrected chi connectivity index (χ3v) is 5.89. The molecule has 4 aromatic rings. The maximum atomic E-state index is 12.7. The molecule has 36 heavy (non-hydrogen) atoms. The molecule has 2 heteroatoms. The standard InChI is InChI=1S/C21H18O.C13H10O/c1-16-11-13-17(14-12-16)15-19-9-5-6-10-20(19)21(22)18-7-3-2-4-8-18;14-13(11-7-3-1-4-8-11)12-9-5-2-6-10-12/h2-15,20H,1H3;1-10H. The van der Waals surface area contributed by atoms with E-state index >= 15 is 0 Å². The van der Waals surface area contributed by atoms with Gasteiger partial charge in [-0.3, -0.25) is 9.59 Å². The van der Waals surface area contributed by atoms with Crippen LogP contribution in [0.3, 0.4) is 0 Å². The van der Waals surface area contributed by atoms with E-state index in [4.69, 9.17) is 0 Å². The van der Waals surface area contributed by atoms with Crippen LogP contribution >= 0.6 is 0 Å². The van der Waals surface area contributed by atoms with Gasteiger partial charge in [-0.2, -0.15) is 0 Å². The van der Waals surface area contributed by atoms with Crippen molar-refractivity contribution in [2.45, 2.75) is 6.92 Å². The number of hydrogen-bond acceptors (Lipinski definition) is 2. The van der Waals surface area contributed by atoms with Crippen LogP contribution in [0.15, 0.2) is 145 Å². The van der Waals surface area contributed by atoms with Crippen LogP contribution in [0.25, 0.3) is 6.08 Å². The molecule has 4 aromatic carbocycles. The van der Waals surface area contributed by atoms with Gasteiger partial charge < -0.3 is 0 Å². The number of Topliss-reactive ketones (excluding diaryl/α,β-unsaturated/α-hetero) is 1. The number of allylic oxidation sites excluding steroid dienone is 5. The smallest absolute Gasteiger partial charge is 0.193 e. The lowest BCUT2D eigenvalue weighted by atomic mass is 9.86. The molecule has 2 nitrogen and oxygen atoms in total. The van der Waals surface area contributed by atoms with Gasteiger partial charge in [0.1, 0.15) is 0 Å². The predicted molar refractivity (Wildman–Crippen MR) is 148 cm³/mol. The second kappa shape index (κ2) is 12.2.